The monoisotopic (exact) mass is 217 g/mol. The Kier molecular flexibility index (Phi) is 2.69. The van der Waals surface area contributed by atoms with Crippen molar-refractivity contribution < 1.29 is 9.53 Å². The van der Waals surface area contributed by atoms with Crippen LogP contribution in [0.15, 0.2) is 24.3 Å². The fourth-order valence-electron chi connectivity index (χ4n) is 1.73. The first kappa shape index (κ1) is 10.7. The second kappa shape index (κ2) is 4.00. The highest BCUT2D eigenvalue weighted by atomic mass is 16.5. The van der Waals surface area contributed by atoms with Crippen LogP contribution < -0.4 is 4.74 Å². The zero-order chi connectivity index (χ0) is 11.7. The number of ether oxygens (including phenoxy) is 1. The summed E-state index contributed by atoms with van der Waals surface area (Å²) in [7, 11) is 2.02. The van der Waals surface area contributed by atoms with Crippen LogP contribution in [-0.4, -0.2) is 10.5 Å². The molecule has 0 saturated carbocycles. The van der Waals surface area contributed by atoms with Crippen molar-refractivity contribution >= 4 is 16.9 Å². The molecule has 0 aliphatic heterocycles. The average molecular weight is 217 g/mol. The van der Waals surface area contributed by atoms with Gasteiger partial charge in [0.15, 0.2) is 0 Å². The smallest absolute Gasteiger partial charge is 0.310 e. The summed E-state index contributed by atoms with van der Waals surface area (Å²) in [5.41, 5.74) is 2.34. The van der Waals surface area contributed by atoms with Gasteiger partial charge in [-0.15, -0.1) is 0 Å². The number of esters is 1. The molecule has 0 saturated heterocycles. The molecule has 3 nitrogen and oxygen atoms in total. The molecule has 0 unspecified atom stereocenters. The van der Waals surface area contributed by atoms with E-state index in [0.29, 0.717) is 12.2 Å². The van der Waals surface area contributed by atoms with E-state index >= 15 is 0 Å². The topological polar surface area (TPSA) is 31.2 Å². The Morgan fingerprint density at radius 1 is 1.38 bits per heavy atom. The van der Waals surface area contributed by atoms with Gasteiger partial charge in [0.2, 0.25) is 0 Å². The van der Waals surface area contributed by atoms with Gasteiger partial charge in [0.05, 0.1) is 0 Å². The fourth-order valence-corrected chi connectivity index (χ4v) is 1.73. The van der Waals surface area contributed by atoms with Crippen LogP contribution in [0.5, 0.6) is 5.75 Å². The fraction of sp³-hybridized carbons (Fsp3) is 0.308. The standard InChI is InChI=1S/C13H15NO2/c1-4-13(15)16-11-5-6-12-10(8-11)7-9(2)14(12)3/h5-8H,4H2,1-3H3. The lowest BCUT2D eigenvalue weighted by molar-refractivity contribution is -0.134. The number of nitrogens with zero attached hydrogens (tertiary/aromatic N) is 1. The van der Waals surface area contributed by atoms with Gasteiger partial charge in [-0.05, 0) is 31.2 Å². The van der Waals surface area contributed by atoms with Crippen molar-refractivity contribution in [2.24, 2.45) is 7.05 Å². The Labute approximate surface area is 94.6 Å². The van der Waals surface area contributed by atoms with Gasteiger partial charge in [-0.2, -0.15) is 0 Å². The molecule has 1 aromatic heterocycles. The van der Waals surface area contributed by atoms with Gasteiger partial charge in [-0.25, -0.2) is 0 Å². The van der Waals surface area contributed by atoms with Gasteiger partial charge in [0.1, 0.15) is 5.75 Å². The molecule has 2 rings (SSSR count). The van der Waals surface area contributed by atoms with Gasteiger partial charge >= 0.3 is 5.97 Å². The van der Waals surface area contributed by atoms with Gasteiger partial charge in [0.25, 0.3) is 0 Å². The molecule has 0 fully saturated rings. The number of carbonyl (C=O) groups excluding carboxylic acids is 1. The number of fused-ring (bicyclic) bond motifs is 1. The van der Waals surface area contributed by atoms with Crippen molar-refractivity contribution in [1.82, 2.24) is 4.57 Å². The van der Waals surface area contributed by atoms with Crippen molar-refractivity contribution in [2.75, 3.05) is 0 Å². The van der Waals surface area contributed by atoms with E-state index < -0.39 is 0 Å². The lowest BCUT2D eigenvalue weighted by atomic mass is 10.2. The summed E-state index contributed by atoms with van der Waals surface area (Å²) in [5.74, 6) is 0.414. The molecule has 84 valence electrons. The molecule has 1 aromatic carbocycles. The predicted molar refractivity (Wildman–Crippen MR) is 63.6 cm³/mol. The summed E-state index contributed by atoms with van der Waals surface area (Å²) >= 11 is 0. The van der Waals surface area contributed by atoms with E-state index in [1.807, 2.05) is 25.2 Å². The number of benzene rings is 1. The minimum atomic E-state index is -0.202. The Bertz CT molecular complexity index is 540. The van der Waals surface area contributed by atoms with Crippen molar-refractivity contribution in [1.29, 1.82) is 0 Å². The van der Waals surface area contributed by atoms with Gasteiger partial charge in [-0.3, -0.25) is 4.79 Å². The highest BCUT2D eigenvalue weighted by molar-refractivity contribution is 5.83. The third-order valence-corrected chi connectivity index (χ3v) is 2.77. The molecular weight excluding hydrogens is 202 g/mol. The van der Waals surface area contributed by atoms with Gasteiger partial charge in [-0.1, -0.05) is 6.92 Å². The minimum Gasteiger partial charge on any atom is -0.427 e. The van der Waals surface area contributed by atoms with Crippen LogP contribution in [0.25, 0.3) is 10.9 Å². The van der Waals surface area contributed by atoms with Crippen LogP contribution in [0.4, 0.5) is 0 Å². The summed E-state index contributed by atoms with van der Waals surface area (Å²) in [6.07, 6.45) is 0.395. The lowest BCUT2D eigenvalue weighted by Crippen LogP contribution is -2.05. The maximum Gasteiger partial charge on any atom is 0.310 e. The molecule has 0 bridgehead atoms. The quantitative estimate of drug-likeness (QED) is 0.572. The number of aromatic nitrogens is 1. The van der Waals surface area contributed by atoms with Crippen LogP contribution in [-0.2, 0) is 11.8 Å². The third kappa shape index (κ3) is 1.81. The average Bonchev–Trinajstić information content (AvgIpc) is 2.54. The number of carbonyl (C=O) groups is 1. The highest BCUT2D eigenvalue weighted by Gasteiger charge is 2.06. The molecule has 2 aromatic rings. The first-order valence-electron chi connectivity index (χ1n) is 5.38. The molecule has 0 spiro atoms. The van der Waals surface area contributed by atoms with E-state index in [-0.39, 0.29) is 5.97 Å². The van der Waals surface area contributed by atoms with E-state index in [9.17, 15) is 4.79 Å². The van der Waals surface area contributed by atoms with Crippen molar-refractivity contribution in [2.45, 2.75) is 20.3 Å². The summed E-state index contributed by atoms with van der Waals surface area (Å²) < 4.78 is 7.28. The molecule has 0 amide bonds. The lowest BCUT2D eigenvalue weighted by Gasteiger charge is -2.03. The molecular formula is C13H15NO2. The summed E-state index contributed by atoms with van der Waals surface area (Å²) in [6.45, 7) is 3.84. The van der Waals surface area contributed by atoms with Crippen LogP contribution in [0, 0.1) is 6.92 Å². The largest absolute Gasteiger partial charge is 0.427 e. The van der Waals surface area contributed by atoms with Gasteiger partial charge in [0, 0.05) is 30.1 Å². The van der Waals surface area contributed by atoms with E-state index in [1.165, 1.54) is 5.69 Å². The number of aryl methyl sites for hydroxylation is 2. The van der Waals surface area contributed by atoms with Crippen LogP contribution >= 0.6 is 0 Å². The SMILES string of the molecule is CCC(=O)Oc1ccc2c(c1)cc(C)n2C. The second-order valence-corrected chi connectivity index (χ2v) is 3.89. The normalized spacial score (nSPS) is 10.7. The maximum absolute atomic E-state index is 11.2. The maximum atomic E-state index is 11.2. The summed E-state index contributed by atoms with van der Waals surface area (Å²) in [5, 5.41) is 1.10. The highest BCUT2D eigenvalue weighted by Crippen LogP contribution is 2.23. The molecule has 3 heteroatoms. The van der Waals surface area contributed by atoms with Crippen LogP contribution in [0.2, 0.25) is 0 Å². The number of rotatable bonds is 2. The summed E-state index contributed by atoms with van der Waals surface area (Å²) in [4.78, 5) is 11.2. The molecule has 16 heavy (non-hydrogen) atoms. The minimum absolute atomic E-state index is 0.202. The summed E-state index contributed by atoms with van der Waals surface area (Å²) in [6, 6.07) is 7.78. The number of hydrogen-bond acceptors (Lipinski definition) is 2. The van der Waals surface area contributed by atoms with E-state index in [4.69, 9.17) is 4.74 Å². The van der Waals surface area contributed by atoms with Crippen LogP contribution in [0.3, 0.4) is 0 Å². The third-order valence-electron chi connectivity index (χ3n) is 2.77. The first-order valence-corrected chi connectivity index (χ1v) is 5.38. The molecule has 0 aliphatic carbocycles. The molecule has 0 aliphatic rings. The van der Waals surface area contributed by atoms with E-state index in [1.54, 1.807) is 6.92 Å². The van der Waals surface area contributed by atoms with Crippen molar-refractivity contribution in [3.8, 4) is 5.75 Å². The van der Waals surface area contributed by atoms with Crippen molar-refractivity contribution in [3.05, 3.63) is 30.0 Å². The Morgan fingerprint density at radius 2 is 2.12 bits per heavy atom. The zero-order valence-corrected chi connectivity index (χ0v) is 9.78. The number of hydrogen-bond donors (Lipinski definition) is 0. The molecule has 1 heterocycles. The van der Waals surface area contributed by atoms with Crippen LogP contribution in [0.1, 0.15) is 19.0 Å². The molecule has 0 atom stereocenters. The molecule has 0 N–H and O–H groups in total. The van der Waals surface area contributed by atoms with E-state index in [0.717, 1.165) is 10.9 Å². The van der Waals surface area contributed by atoms with E-state index in [2.05, 4.69) is 17.6 Å². The Balaban J connectivity index is 2.41. The first-order chi connectivity index (χ1) is 7.61. The van der Waals surface area contributed by atoms with Crippen molar-refractivity contribution in [3.63, 3.8) is 0 Å². The predicted octanol–water partition coefficient (Wildman–Crippen LogP) is 2.80. The second-order valence-electron chi connectivity index (χ2n) is 3.89. The van der Waals surface area contributed by atoms with Gasteiger partial charge < -0.3 is 9.30 Å². The molecule has 0 radical (unpaired) electrons. The Morgan fingerprint density at radius 3 is 2.81 bits per heavy atom. The Hall–Kier alpha value is -1.77. The zero-order valence-electron chi connectivity index (χ0n) is 9.78.